The Morgan fingerprint density at radius 2 is 1.71 bits per heavy atom. The number of rotatable bonds is 4. The maximum Gasteiger partial charge on any atom is 0.267 e. The lowest BCUT2D eigenvalue weighted by Crippen LogP contribution is -2.33. The molecule has 0 radical (unpaired) electrons. The molecule has 0 saturated carbocycles. The largest absolute Gasteiger partial charge is 0.381 e. The van der Waals surface area contributed by atoms with E-state index in [9.17, 15) is 9.59 Å². The molecule has 0 aliphatic rings. The second-order valence-corrected chi connectivity index (χ2v) is 9.38. The lowest BCUT2D eigenvalue weighted by molar-refractivity contribution is 0.0940. The summed E-state index contributed by atoms with van der Waals surface area (Å²) in [6.07, 6.45) is 4.93. The second-order valence-electron chi connectivity index (χ2n) is 9.38. The van der Waals surface area contributed by atoms with Crippen molar-refractivity contribution in [1.29, 1.82) is 0 Å². The van der Waals surface area contributed by atoms with E-state index in [1.165, 1.54) is 9.08 Å². The van der Waals surface area contributed by atoms with Crippen molar-refractivity contribution in [1.82, 2.24) is 34.4 Å². The molecule has 6 rings (SSSR count). The molecule has 3 N–H and O–H groups in total. The second kappa shape index (κ2) is 10.4. The topological polar surface area (TPSA) is 133 Å². The van der Waals surface area contributed by atoms with Gasteiger partial charge in [-0.05, 0) is 56.3 Å². The van der Waals surface area contributed by atoms with Gasteiger partial charge in [0.05, 0.1) is 28.3 Å². The number of nitrogen functional groups attached to an aromatic ring is 1. The van der Waals surface area contributed by atoms with Crippen molar-refractivity contribution >= 4 is 28.3 Å². The third-order valence-corrected chi connectivity index (χ3v) is 6.66. The first-order chi connectivity index (χ1) is 19.9. The Labute approximate surface area is 234 Å². The van der Waals surface area contributed by atoms with Crippen molar-refractivity contribution in [3.63, 3.8) is 0 Å². The lowest BCUT2D eigenvalue weighted by atomic mass is 10.1. The smallest absolute Gasteiger partial charge is 0.267 e. The molecule has 1 amide bonds. The van der Waals surface area contributed by atoms with Gasteiger partial charge >= 0.3 is 0 Å². The van der Waals surface area contributed by atoms with Gasteiger partial charge in [-0.25, -0.2) is 14.5 Å². The molecule has 200 valence electrons. The summed E-state index contributed by atoms with van der Waals surface area (Å²) in [6, 6.07) is 19.2. The number of benzene rings is 2. The van der Waals surface area contributed by atoms with Crippen LogP contribution in [0.25, 0.3) is 22.2 Å². The fourth-order valence-electron chi connectivity index (χ4n) is 4.67. The zero-order valence-electron chi connectivity index (χ0n) is 22.2. The summed E-state index contributed by atoms with van der Waals surface area (Å²) in [7, 11) is 0. The predicted octanol–water partition coefficient (Wildman–Crippen LogP) is 3.60. The van der Waals surface area contributed by atoms with E-state index < -0.39 is 11.9 Å². The minimum absolute atomic E-state index is 0.0485. The molecule has 4 heterocycles. The van der Waals surface area contributed by atoms with Gasteiger partial charge in [0.2, 0.25) is 0 Å². The van der Waals surface area contributed by atoms with Crippen molar-refractivity contribution in [3.8, 4) is 17.5 Å². The van der Waals surface area contributed by atoms with Gasteiger partial charge < -0.3 is 11.1 Å². The van der Waals surface area contributed by atoms with E-state index >= 15 is 0 Å². The number of carbonyl (C=O) groups excluding carboxylic acids is 1. The average molecular weight is 541 g/mol. The van der Waals surface area contributed by atoms with E-state index in [2.05, 4.69) is 32.2 Å². The summed E-state index contributed by atoms with van der Waals surface area (Å²) in [5.74, 6) is 6.19. The summed E-state index contributed by atoms with van der Waals surface area (Å²) in [6.45, 7) is 3.64. The van der Waals surface area contributed by atoms with Crippen LogP contribution in [0.4, 0.5) is 5.82 Å². The van der Waals surface area contributed by atoms with Crippen molar-refractivity contribution in [3.05, 3.63) is 124 Å². The molecule has 1 atom stereocenters. The number of hydrogen-bond acceptors (Lipinski definition) is 7. The molecule has 6 aromatic rings. The number of nitrogens with two attached hydrogens (primary N) is 1. The van der Waals surface area contributed by atoms with Crippen LogP contribution >= 0.6 is 0 Å². The van der Waals surface area contributed by atoms with Gasteiger partial charge in [-0.2, -0.15) is 0 Å². The molecule has 41 heavy (non-hydrogen) atoms. The summed E-state index contributed by atoms with van der Waals surface area (Å²) < 4.78 is 2.95. The fourth-order valence-corrected chi connectivity index (χ4v) is 4.67. The highest BCUT2D eigenvalue weighted by molar-refractivity contribution is 6.04. The SMILES string of the molecule is Cc1ncccc1C#Cc1cccc2nc([C@@H](C)NC(=O)c3c(N)nn4cccnc34)n(-c3ccccc3)c(=O)c12. The molecule has 0 aliphatic carbocycles. The standard InChI is InChI=1S/C31H24N8O2/c1-19-21(10-7-16-33-19)14-15-22-9-6-13-24-25(22)31(41)39(23-11-4-3-5-12-23)28(36-24)20(2)35-30(40)26-27(32)37-38-18-8-17-34-29(26)38/h3-13,16-18,20H,1-2H3,(H2,32,37)(H,35,40)/t20-/m1/s1. The van der Waals surface area contributed by atoms with Gasteiger partial charge in [0.15, 0.2) is 11.5 Å². The van der Waals surface area contributed by atoms with E-state index in [0.29, 0.717) is 33.6 Å². The van der Waals surface area contributed by atoms with Crippen LogP contribution in [0.3, 0.4) is 0 Å². The number of para-hydroxylation sites is 1. The molecule has 0 saturated heterocycles. The quantitative estimate of drug-likeness (QED) is 0.326. The molecule has 4 aromatic heterocycles. The number of anilines is 1. The Morgan fingerprint density at radius 1 is 0.951 bits per heavy atom. The zero-order valence-corrected chi connectivity index (χ0v) is 22.2. The number of pyridine rings is 1. The van der Waals surface area contributed by atoms with Gasteiger partial charge in [0.25, 0.3) is 11.5 Å². The van der Waals surface area contributed by atoms with E-state index in [1.807, 2.05) is 49.4 Å². The number of fused-ring (bicyclic) bond motifs is 2. The van der Waals surface area contributed by atoms with Crippen LogP contribution < -0.4 is 16.6 Å². The Morgan fingerprint density at radius 3 is 2.51 bits per heavy atom. The molecule has 0 aliphatic heterocycles. The molecule has 0 unspecified atom stereocenters. The van der Waals surface area contributed by atoms with Crippen LogP contribution in [0, 0.1) is 18.8 Å². The number of nitrogens with one attached hydrogen (secondary N) is 1. The third kappa shape index (κ3) is 4.66. The van der Waals surface area contributed by atoms with E-state index in [4.69, 9.17) is 10.7 Å². The Balaban J connectivity index is 1.48. The van der Waals surface area contributed by atoms with Crippen molar-refractivity contribution in [2.45, 2.75) is 19.9 Å². The molecule has 0 bridgehead atoms. The number of amides is 1. The zero-order chi connectivity index (χ0) is 28.5. The monoisotopic (exact) mass is 540 g/mol. The highest BCUT2D eigenvalue weighted by Gasteiger charge is 2.24. The first-order valence-corrected chi connectivity index (χ1v) is 12.9. The Hall–Kier alpha value is -5.82. The summed E-state index contributed by atoms with van der Waals surface area (Å²) in [4.78, 5) is 41.0. The Kier molecular flexibility index (Phi) is 6.45. The van der Waals surface area contributed by atoms with Crippen LogP contribution in [0.2, 0.25) is 0 Å². The number of aromatic nitrogens is 6. The minimum atomic E-state index is -0.689. The van der Waals surface area contributed by atoms with Crippen LogP contribution in [0.15, 0.2) is 90.1 Å². The average Bonchev–Trinajstić information content (AvgIpc) is 3.32. The maximum absolute atomic E-state index is 14.2. The van der Waals surface area contributed by atoms with E-state index in [1.54, 1.807) is 49.8 Å². The predicted molar refractivity (Wildman–Crippen MR) is 156 cm³/mol. The van der Waals surface area contributed by atoms with Crippen molar-refractivity contribution in [2.75, 3.05) is 5.73 Å². The lowest BCUT2D eigenvalue weighted by Gasteiger charge is -2.20. The van der Waals surface area contributed by atoms with Crippen LogP contribution in [0.5, 0.6) is 0 Å². The third-order valence-electron chi connectivity index (χ3n) is 6.66. The maximum atomic E-state index is 14.2. The van der Waals surface area contributed by atoms with Gasteiger partial charge in [-0.1, -0.05) is 36.1 Å². The van der Waals surface area contributed by atoms with Gasteiger partial charge in [-0.15, -0.1) is 5.10 Å². The summed E-state index contributed by atoms with van der Waals surface area (Å²) in [5.41, 5.74) is 9.42. The highest BCUT2D eigenvalue weighted by atomic mass is 16.2. The normalized spacial score (nSPS) is 11.7. The molecular weight excluding hydrogens is 516 g/mol. The summed E-state index contributed by atoms with van der Waals surface area (Å²) >= 11 is 0. The van der Waals surface area contributed by atoms with Gasteiger partial charge in [-0.3, -0.25) is 19.1 Å². The number of nitrogens with zero attached hydrogens (tertiary/aromatic N) is 6. The van der Waals surface area contributed by atoms with Crippen LogP contribution in [-0.2, 0) is 0 Å². The van der Waals surface area contributed by atoms with Crippen molar-refractivity contribution in [2.24, 2.45) is 0 Å². The number of aryl methyl sites for hydroxylation is 1. The van der Waals surface area contributed by atoms with Crippen LogP contribution in [-0.4, -0.2) is 35.0 Å². The van der Waals surface area contributed by atoms with Gasteiger partial charge in [0, 0.05) is 29.7 Å². The number of carbonyl (C=O) groups is 1. The van der Waals surface area contributed by atoms with Crippen molar-refractivity contribution < 1.29 is 4.79 Å². The van der Waals surface area contributed by atoms with E-state index in [-0.39, 0.29) is 16.9 Å². The first kappa shape index (κ1) is 25.5. The van der Waals surface area contributed by atoms with E-state index in [0.717, 1.165) is 11.3 Å². The summed E-state index contributed by atoms with van der Waals surface area (Å²) in [5, 5.41) is 7.48. The molecular formula is C31H24N8O2. The Bertz CT molecular complexity index is 2070. The van der Waals surface area contributed by atoms with Gasteiger partial charge in [0.1, 0.15) is 11.4 Å². The molecule has 0 spiro atoms. The molecule has 0 fully saturated rings. The fraction of sp³-hybridized carbons (Fsp3) is 0.0968. The molecule has 10 heteroatoms. The number of hydrogen-bond donors (Lipinski definition) is 2. The van der Waals surface area contributed by atoms with Crippen LogP contribution in [0.1, 0.15) is 46.0 Å². The molecule has 10 nitrogen and oxygen atoms in total. The first-order valence-electron chi connectivity index (χ1n) is 12.9. The minimum Gasteiger partial charge on any atom is -0.381 e. The molecule has 2 aromatic carbocycles. The highest BCUT2D eigenvalue weighted by Crippen LogP contribution is 2.22.